The molecular weight excluding hydrogens is 198 g/mol. The normalized spacial score (nSPS) is 18.9. The van der Waals surface area contributed by atoms with Crippen molar-refractivity contribution in [2.45, 2.75) is 51.2 Å². The zero-order valence-corrected chi connectivity index (χ0v) is 9.99. The quantitative estimate of drug-likeness (QED) is 0.712. The number of ether oxygens (including phenoxy) is 1. The standard InChI is InChI=1S/C10H19NO2S/c1-9(2,3)11-8(12)13-10(4-5-10)6-7-14/h14H,4-7H2,1-3H3,(H,11,12). The summed E-state index contributed by atoms with van der Waals surface area (Å²) >= 11 is 4.15. The first-order chi connectivity index (χ1) is 6.37. The molecular formula is C10H19NO2S. The molecule has 0 spiro atoms. The van der Waals surface area contributed by atoms with Crippen LogP contribution in [0.2, 0.25) is 0 Å². The maximum atomic E-state index is 11.4. The van der Waals surface area contributed by atoms with Crippen LogP contribution < -0.4 is 5.32 Å². The predicted molar refractivity (Wildman–Crippen MR) is 59.8 cm³/mol. The summed E-state index contributed by atoms with van der Waals surface area (Å²) in [6.07, 6.45) is 2.50. The second kappa shape index (κ2) is 4.01. The van der Waals surface area contributed by atoms with Crippen molar-refractivity contribution in [3.8, 4) is 0 Å². The van der Waals surface area contributed by atoms with E-state index in [1.54, 1.807) is 0 Å². The van der Waals surface area contributed by atoms with Crippen molar-refractivity contribution >= 4 is 18.7 Å². The van der Waals surface area contributed by atoms with E-state index in [-0.39, 0.29) is 17.2 Å². The molecule has 1 aliphatic rings. The highest BCUT2D eigenvalue weighted by molar-refractivity contribution is 7.80. The van der Waals surface area contributed by atoms with E-state index in [1.165, 1.54) is 0 Å². The molecule has 0 aromatic carbocycles. The molecule has 0 atom stereocenters. The smallest absolute Gasteiger partial charge is 0.408 e. The number of nitrogens with one attached hydrogen (secondary N) is 1. The van der Waals surface area contributed by atoms with Gasteiger partial charge in [0.15, 0.2) is 0 Å². The van der Waals surface area contributed by atoms with Gasteiger partial charge in [0.05, 0.1) is 0 Å². The number of thiol groups is 1. The second-order valence-corrected chi connectivity index (χ2v) is 5.37. The van der Waals surface area contributed by atoms with Gasteiger partial charge in [-0.15, -0.1) is 0 Å². The number of hydrogen-bond donors (Lipinski definition) is 2. The zero-order chi connectivity index (χ0) is 10.8. The third-order valence-electron chi connectivity index (χ3n) is 2.16. The fourth-order valence-electron chi connectivity index (χ4n) is 1.27. The summed E-state index contributed by atoms with van der Waals surface area (Å²) in [4.78, 5) is 11.4. The summed E-state index contributed by atoms with van der Waals surface area (Å²) in [5, 5.41) is 2.79. The van der Waals surface area contributed by atoms with Crippen LogP contribution in [0.1, 0.15) is 40.0 Å². The molecule has 0 bridgehead atoms. The molecule has 14 heavy (non-hydrogen) atoms. The van der Waals surface area contributed by atoms with Crippen LogP contribution in [0.15, 0.2) is 0 Å². The molecule has 0 saturated heterocycles. The summed E-state index contributed by atoms with van der Waals surface area (Å²) in [6.45, 7) is 5.81. The van der Waals surface area contributed by atoms with Crippen molar-refractivity contribution in [2.75, 3.05) is 5.75 Å². The molecule has 0 radical (unpaired) electrons. The Balaban J connectivity index is 2.34. The van der Waals surface area contributed by atoms with Crippen molar-refractivity contribution in [1.82, 2.24) is 5.32 Å². The van der Waals surface area contributed by atoms with E-state index in [9.17, 15) is 4.79 Å². The molecule has 4 heteroatoms. The average Bonchev–Trinajstić information content (AvgIpc) is 2.64. The first kappa shape index (κ1) is 11.7. The van der Waals surface area contributed by atoms with Crippen molar-refractivity contribution < 1.29 is 9.53 Å². The lowest BCUT2D eigenvalue weighted by Crippen LogP contribution is -2.42. The van der Waals surface area contributed by atoms with Gasteiger partial charge in [-0.2, -0.15) is 12.6 Å². The summed E-state index contributed by atoms with van der Waals surface area (Å²) in [7, 11) is 0. The minimum Gasteiger partial charge on any atom is -0.443 e. The first-order valence-electron chi connectivity index (χ1n) is 4.99. The molecule has 0 aromatic rings. The van der Waals surface area contributed by atoms with Gasteiger partial charge >= 0.3 is 6.09 Å². The number of carbonyl (C=O) groups excluding carboxylic acids is 1. The lowest BCUT2D eigenvalue weighted by molar-refractivity contribution is 0.0752. The Bertz CT molecular complexity index is 219. The molecule has 1 rings (SSSR count). The van der Waals surface area contributed by atoms with Crippen LogP contribution >= 0.6 is 12.6 Å². The van der Waals surface area contributed by atoms with Crippen LogP contribution in [0.3, 0.4) is 0 Å². The summed E-state index contributed by atoms with van der Waals surface area (Å²) < 4.78 is 5.37. The van der Waals surface area contributed by atoms with Crippen molar-refractivity contribution in [1.29, 1.82) is 0 Å². The Hall–Kier alpha value is -0.380. The second-order valence-electron chi connectivity index (χ2n) is 4.92. The third-order valence-corrected chi connectivity index (χ3v) is 2.38. The molecule has 1 fully saturated rings. The minimum atomic E-state index is -0.309. The number of carbonyl (C=O) groups is 1. The molecule has 1 saturated carbocycles. The van der Waals surface area contributed by atoms with Crippen LogP contribution in [0.4, 0.5) is 4.79 Å². The summed E-state index contributed by atoms with van der Waals surface area (Å²) in [5.41, 5.74) is -0.425. The molecule has 1 N–H and O–H groups in total. The van der Waals surface area contributed by atoms with Gasteiger partial charge < -0.3 is 10.1 Å². The van der Waals surface area contributed by atoms with Gasteiger partial charge in [-0.3, -0.25) is 0 Å². The third kappa shape index (κ3) is 3.78. The van der Waals surface area contributed by atoms with E-state index in [0.717, 1.165) is 25.0 Å². The van der Waals surface area contributed by atoms with Gasteiger partial charge in [0.2, 0.25) is 0 Å². The predicted octanol–water partition coefficient (Wildman–Crippen LogP) is 2.36. The lowest BCUT2D eigenvalue weighted by atomic mass is 10.1. The highest BCUT2D eigenvalue weighted by Crippen LogP contribution is 2.42. The number of amides is 1. The largest absolute Gasteiger partial charge is 0.443 e. The highest BCUT2D eigenvalue weighted by Gasteiger charge is 2.46. The first-order valence-corrected chi connectivity index (χ1v) is 5.62. The van der Waals surface area contributed by atoms with Crippen LogP contribution in [-0.2, 0) is 4.74 Å². The van der Waals surface area contributed by atoms with Crippen molar-refractivity contribution in [2.24, 2.45) is 0 Å². The van der Waals surface area contributed by atoms with E-state index in [2.05, 4.69) is 17.9 Å². The lowest BCUT2D eigenvalue weighted by Gasteiger charge is -2.23. The topological polar surface area (TPSA) is 38.3 Å². The highest BCUT2D eigenvalue weighted by atomic mass is 32.1. The van der Waals surface area contributed by atoms with Crippen LogP contribution in [-0.4, -0.2) is 23.0 Å². The van der Waals surface area contributed by atoms with Crippen LogP contribution in [0.5, 0.6) is 0 Å². The maximum Gasteiger partial charge on any atom is 0.408 e. The fraction of sp³-hybridized carbons (Fsp3) is 0.900. The van der Waals surface area contributed by atoms with Crippen LogP contribution in [0, 0.1) is 0 Å². The molecule has 0 aliphatic heterocycles. The summed E-state index contributed by atoms with van der Waals surface area (Å²) in [5.74, 6) is 0.767. The molecule has 1 aliphatic carbocycles. The number of hydrogen-bond acceptors (Lipinski definition) is 3. The Morgan fingerprint density at radius 3 is 2.43 bits per heavy atom. The van der Waals surface area contributed by atoms with E-state index in [1.807, 2.05) is 20.8 Å². The summed E-state index contributed by atoms with van der Waals surface area (Å²) in [6, 6.07) is 0. The average molecular weight is 217 g/mol. The van der Waals surface area contributed by atoms with Crippen molar-refractivity contribution in [3.05, 3.63) is 0 Å². The van der Waals surface area contributed by atoms with E-state index < -0.39 is 0 Å². The van der Waals surface area contributed by atoms with Gasteiger partial charge in [-0.25, -0.2) is 4.79 Å². The van der Waals surface area contributed by atoms with E-state index >= 15 is 0 Å². The fourth-order valence-corrected chi connectivity index (χ4v) is 1.68. The van der Waals surface area contributed by atoms with Crippen LogP contribution in [0.25, 0.3) is 0 Å². The Morgan fingerprint density at radius 1 is 1.50 bits per heavy atom. The SMILES string of the molecule is CC(C)(C)NC(=O)OC1(CCS)CC1. The zero-order valence-electron chi connectivity index (χ0n) is 9.09. The monoisotopic (exact) mass is 217 g/mol. The minimum absolute atomic E-state index is 0.197. The van der Waals surface area contributed by atoms with Gasteiger partial charge in [-0.1, -0.05) is 0 Å². The van der Waals surface area contributed by atoms with Gasteiger partial charge in [-0.05, 0) is 45.8 Å². The Labute approximate surface area is 91.0 Å². The van der Waals surface area contributed by atoms with Gasteiger partial charge in [0.1, 0.15) is 5.60 Å². The Morgan fingerprint density at radius 2 is 2.07 bits per heavy atom. The molecule has 82 valence electrons. The van der Waals surface area contributed by atoms with Gasteiger partial charge in [0.25, 0.3) is 0 Å². The molecule has 1 amide bonds. The van der Waals surface area contributed by atoms with E-state index in [4.69, 9.17) is 4.74 Å². The number of alkyl carbamates (subject to hydrolysis) is 1. The molecule has 0 heterocycles. The molecule has 0 aromatic heterocycles. The van der Waals surface area contributed by atoms with Gasteiger partial charge in [0, 0.05) is 5.54 Å². The van der Waals surface area contributed by atoms with Crippen molar-refractivity contribution in [3.63, 3.8) is 0 Å². The Kier molecular flexibility index (Phi) is 3.35. The number of rotatable bonds is 3. The molecule has 0 unspecified atom stereocenters. The van der Waals surface area contributed by atoms with E-state index in [0.29, 0.717) is 0 Å². The molecule has 3 nitrogen and oxygen atoms in total. The maximum absolute atomic E-state index is 11.4.